The average Bonchev–Trinajstić information content (AvgIpc) is 2.28. The molecular weight excluding hydrogens is 214 g/mol. The second-order valence-corrected chi connectivity index (χ2v) is 4.94. The Hall–Kier alpha value is -1.64. The van der Waals surface area contributed by atoms with Crippen LogP contribution in [0.5, 0.6) is 0 Å². The molecule has 0 aliphatic carbocycles. The van der Waals surface area contributed by atoms with Gasteiger partial charge < -0.3 is 4.84 Å². The molecule has 0 saturated heterocycles. The highest BCUT2D eigenvalue weighted by Gasteiger charge is 2.23. The quantitative estimate of drug-likeness (QED) is 0.592. The monoisotopic (exact) mass is 233 g/mol. The summed E-state index contributed by atoms with van der Waals surface area (Å²) in [4.78, 5) is 16.8. The summed E-state index contributed by atoms with van der Waals surface area (Å²) in [5.41, 5.74) is 1.24. The number of rotatable bonds is 4. The van der Waals surface area contributed by atoms with Crippen molar-refractivity contribution in [1.82, 2.24) is 0 Å². The molecular formula is C14H19NO2. The number of Topliss-reactive ketones (excluding diaryl/α,β-unsaturated/α-hetero) is 1. The van der Waals surface area contributed by atoms with E-state index in [9.17, 15) is 4.79 Å². The van der Waals surface area contributed by atoms with Gasteiger partial charge in [-0.05, 0) is 5.56 Å². The van der Waals surface area contributed by atoms with Crippen molar-refractivity contribution in [2.24, 2.45) is 10.6 Å². The van der Waals surface area contributed by atoms with Crippen molar-refractivity contribution in [3.8, 4) is 0 Å². The molecule has 17 heavy (non-hydrogen) atoms. The van der Waals surface area contributed by atoms with Gasteiger partial charge in [0.05, 0.1) is 12.1 Å². The zero-order valence-electron chi connectivity index (χ0n) is 10.9. The van der Waals surface area contributed by atoms with Crippen LogP contribution in [0.15, 0.2) is 35.5 Å². The molecule has 0 bridgehead atoms. The lowest BCUT2D eigenvalue weighted by Crippen LogP contribution is -2.23. The number of ketones is 1. The minimum Gasteiger partial charge on any atom is -0.399 e. The van der Waals surface area contributed by atoms with Crippen LogP contribution in [0.25, 0.3) is 0 Å². The molecule has 3 nitrogen and oxygen atoms in total. The molecule has 3 heteroatoms. The maximum absolute atomic E-state index is 12.0. The minimum atomic E-state index is -0.358. The molecule has 0 saturated carbocycles. The van der Waals surface area contributed by atoms with Gasteiger partial charge in [0.15, 0.2) is 0 Å². The standard InChI is InChI=1S/C14H19NO2/c1-14(2,3)13(16)10-12(15-17-4)11-8-6-5-7-9-11/h5-9H,10H2,1-4H3/b15-12-. The molecule has 0 spiro atoms. The zero-order valence-corrected chi connectivity index (χ0v) is 10.9. The van der Waals surface area contributed by atoms with E-state index in [0.29, 0.717) is 12.1 Å². The Labute approximate surface area is 102 Å². The van der Waals surface area contributed by atoms with Crippen LogP contribution < -0.4 is 0 Å². The van der Waals surface area contributed by atoms with Crippen LogP contribution in [0.1, 0.15) is 32.8 Å². The SMILES string of the molecule is CO/N=C(/CC(=O)C(C)(C)C)c1ccccc1. The molecule has 0 radical (unpaired) electrons. The molecule has 0 heterocycles. The van der Waals surface area contributed by atoms with Gasteiger partial charge in [0, 0.05) is 5.41 Å². The third-order valence-electron chi connectivity index (χ3n) is 2.47. The highest BCUT2D eigenvalue weighted by Crippen LogP contribution is 2.18. The molecule has 1 rings (SSSR count). The van der Waals surface area contributed by atoms with Crippen LogP contribution in [-0.4, -0.2) is 18.6 Å². The summed E-state index contributed by atoms with van der Waals surface area (Å²) < 4.78 is 0. The summed E-state index contributed by atoms with van der Waals surface area (Å²) in [6.07, 6.45) is 0.293. The third kappa shape index (κ3) is 4.02. The molecule has 0 aromatic heterocycles. The molecule has 1 aromatic rings. The second-order valence-electron chi connectivity index (χ2n) is 4.94. The first-order chi connectivity index (χ1) is 7.95. The highest BCUT2D eigenvalue weighted by molar-refractivity contribution is 6.11. The number of carbonyl (C=O) groups excluding carboxylic acids is 1. The third-order valence-corrected chi connectivity index (χ3v) is 2.47. The molecule has 1 aromatic carbocycles. The molecule has 0 fully saturated rings. The Balaban J connectivity index is 2.90. The Kier molecular flexibility index (Phi) is 4.44. The molecule has 0 atom stereocenters. The molecule has 0 aliphatic heterocycles. The van der Waals surface area contributed by atoms with Gasteiger partial charge >= 0.3 is 0 Å². The maximum Gasteiger partial charge on any atom is 0.144 e. The minimum absolute atomic E-state index is 0.150. The fourth-order valence-corrected chi connectivity index (χ4v) is 1.35. The first kappa shape index (κ1) is 13.4. The van der Waals surface area contributed by atoms with Crippen molar-refractivity contribution in [3.63, 3.8) is 0 Å². The summed E-state index contributed by atoms with van der Waals surface area (Å²) in [6.45, 7) is 5.72. The predicted molar refractivity (Wildman–Crippen MR) is 69.1 cm³/mol. The van der Waals surface area contributed by atoms with Crippen molar-refractivity contribution >= 4 is 11.5 Å². The van der Waals surface area contributed by atoms with E-state index in [1.807, 2.05) is 51.1 Å². The normalized spacial score (nSPS) is 12.4. The van der Waals surface area contributed by atoms with Crippen LogP contribution in [0.2, 0.25) is 0 Å². The number of hydrogen-bond donors (Lipinski definition) is 0. The number of benzene rings is 1. The molecule has 0 unspecified atom stereocenters. The lowest BCUT2D eigenvalue weighted by atomic mass is 9.87. The van der Waals surface area contributed by atoms with Gasteiger partial charge in [-0.15, -0.1) is 0 Å². The van der Waals surface area contributed by atoms with Gasteiger partial charge in [-0.3, -0.25) is 4.79 Å². The lowest BCUT2D eigenvalue weighted by molar-refractivity contribution is -0.125. The number of hydrogen-bond acceptors (Lipinski definition) is 3. The Bertz CT molecular complexity index is 402. The first-order valence-electron chi connectivity index (χ1n) is 5.64. The summed E-state index contributed by atoms with van der Waals surface area (Å²) in [5, 5.41) is 3.94. The van der Waals surface area contributed by atoms with Crippen molar-refractivity contribution in [3.05, 3.63) is 35.9 Å². The number of carbonyl (C=O) groups is 1. The average molecular weight is 233 g/mol. The summed E-state index contributed by atoms with van der Waals surface area (Å²) in [6, 6.07) is 9.62. The maximum atomic E-state index is 12.0. The van der Waals surface area contributed by atoms with Crippen LogP contribution in [0, 0.1) is 5.41 Å². The van der Waals surface area contributed by atoms with Gasteiger partial charge in [-0.1, -0.05) is 56.3 Å². The van der Waals surface area contributed by atoms with E-state index in [0.717, 1.165) is 5.56 Å². The first-order valence-corrected chi connectivity index (χ1v) is 5.64. The highest BCUT2D eigenvalue weighted by atomic mass is 16.6. The Morgan fingerprint density at radius 3 is 2.29 bits per heavy atom. The Morgan fingerprint density at radius 2 is 1.82 bits per heavy atom. The van der Waals surface area contributed by atoms with E-state index in [2.05, 4.69) is 5.16 Å². The molecule has 0 amide bonds. The number of oxime groups is 1. The molecule has 92 valence electrons. The van der Waals surface area contributed by atoms with Crippen molar-refractivity contribution in [1.29, 1.82) is 0 Å². The van der Waals surface area contributed by atoms with Crippen LogP contribution in [0.4, 0.5) is 0 Å². The molecule has 0 N–H and O–H groups in total. The van der Waals surface area contributed by atoms with Crippen LogP contribution >= 0.6 is 0 Å². The molecule has 0 aliphatic rings. The largest absolute Gasteiger partial charge is 0.399 e. The van der Waals surface area contributed by atoms with Gasteiger partial charge in [0.25, 0.3) is 0 Å². The van der Waals surface area contributed by atoms with Gasteiger partial charge in [0.1, 0.15) is 12.9 Å². The van der Waals surface area contributed by atoms with E-state index in [1.54, 1.807) is 0 Å². The zero-order chi connectivity index (χ0) is 12.9. The smallest absolute Gasteiger partial charge is 0.144 e. The fraction of sp³-hybridized carbons (Fsp3) is 0.429. The fourth-order valence-electron chi connectivity index (χ4n) is 1.35. The summed E-state index contributed by atoms with van der Waals surface area (Å²) >= 11 is 0. The Morgan fingerprint density at radius 1 is 1.24 bits per heavy atom. The second kappa shape index (κ2) is 5.62. The van der Waals surface area contributed by atoms with E-state index < -0.39 is 0 Å². The lowest BCUT2D eigenvalue weighted by Gasteiger charge is -2.17. The van der Waals surface area contributed by atoms with E-state index in [4.69, 9.17) is 4.84 Å². The topological polar surface area (TPSA) is 38.7 Å². The predicted octanol–water partition coefficient (Wildman–Crippen LogP) is 3.04. The summed E-state index contributed by atoms with van der Waals surface area (Å²) in [5.74, 6) is 0.150. The van der Waals surface area contributed by atoms with Gasteiger partial charge in [-0.2, -0.15) is 0 Å². The van der Waals surface area contributed by atoms with Crippen molar-refractivity contribution < 1.29 is 9.63 Å². The summed E-state index contributed by atoms with van der Waals surface area (Å²) in [7, 11) is 1.49. The van der Waals surface area contributed by atoms with Crippen molar-refractivity contribution in [2.75, 3.05) is 7.11 Å². The van der Waals surface area contributed by atoms with Crippen LogP contribution in [0.3, 0.4) is 0 Å². The van der Waals surface area contributed by atoms with E-state index in [-0.39, 0.29) is 11.2 Å². The van der Waals surface area contributed by atoms with Crippen LogP contribution in [-0.2, 0) is 9.63 Å². The van der Waals surface area contributed by atoms with Crippen molar-refractivity contribution in [2.45, 2.75) is 27.2 Å². The number of nitrogens with zero attached hydrogens (tertiary/aromatic N) is 1. The van der Waals surface area contributed by atoms with Gasteiger partial charge in [0.2, 0.25) is 0 Å². The van der Waals surface area contributed by atoms with E-state index in [1.165, 1.54) is 7.11 Å². The van der Waals surface area contributed by atoms with E-state index >= 15 is 0 Å². The van der Waals surface area contributed by atoms with Gasteiger partial charge in [-0.25, -0.2) is 0 Å².